The molecule has 4 rings (SSSR count). The van der Waals surface area contributed by atoms with Gasteiger partial charge >= 0.3 is 0 Å². The van der Waals surface area contributed by atoms with E-state index < -0.39 is 0 Å². The highest BCUT2D eigenvalue weighted by Gasteiger charge is 2.35. The first-order chi connectivity index (χ1) is 14.3. The molecule has 0 atom stereocenters. The van der Waals surface area contributed by atoms with Crippen molar-refractivity contribution in [3.05, 3.63) is 70.9 Å². The van der Waals surface area contributed by atoms with Crippen LogP contribution in [0.25, 0.3) is 0 Å². The van der Waals surface area contributed by atoms with E-state index in [0.717, 1.165) is 29.9 Å². The van der Waals surface area contributed by atoms with Gasteiger partial charge in [0, 0.05) is 17.8 Å². The molecule has 0 fully saturated rings. The Labute approximate surface area is 178 Å². The summed E-state index contributed by atoms with van der Waals surface area (Å²) in [6.07, 6.45) is 2.23. The van der Waals surface area contributed by atoms with Crippen molar-refractivity contribution >= 4 is 28.9 Å². The number of Topliss-reactive ketones (excluding diaryl/α,β-unsaturated/α-hetero) is 1. The van der Waals surface area contributed by atoms with Gasteiger partial charge in [-0.15, -0.1) is 0 Å². The maximum atomic E-state index is 13.0. The number of carbonyl (C=O) groups excluding carboxylic acids is 1. The summed E-state index contributed by atoms with van der Waals surface area (Å²) in [7, 11) is 0. The van der Waals surface area contributed by atoms with E-state index in [0.29, 0.717) is 23.8 Å². The van der Waals surface area contributed by atoms with Crippen LogP contribution in [0.5, 0.6) is 0 Å². The molecule has 0 radical (unpaired) electrons. The molecule has 1 heterocycles. The maximum Gasteiger partial charge on any atom is 0.229 e. The van der Waals surface area contributed by atoms with Crippen molar-refractivity contribution in [3.8, 4) is 0 Å². The van der Waals surface area contributed by atoms with Crippen LogP contribution in [0.1, 0.15) is 54.4 Å². The van der Waals surface area contributed by atoms with E-state index in [1.807, 2.05) is 43.3 Å². The van der Waals surface area contributed by atoms with Crippen LogP contribution in [0.3, 0.4) is 0 Å². The number of hydrogen-bond donors (Lipinski definition) is 2. The molecular weight excluding hydrogens is 372 g/mol. The molecule has 3 aromatic rings. The first-order valence-corrected chi connectivity index (χ1v) is 10.5. The van der Waals surface area contributed by atoms with Gasteiger partial charge in [-0.05, 0) is 55.0 Å². The van der Waals surface area contributed by atoms with Crippen molar-refractivity contribution in [1.82, 2.24) is 9.97 Å². The first kappa shape index (κ1) is 20.1. The van der Waals surface area contributed by atoms with Crippen LogP contribution in [0, 0.1) is 12.3 Å². The van der Waals surface area contributed by atoms with Crippen LogP contribution in [-0.4, -0.2) is 15.8 Å². The lowest BCUT2D eigenvalue weighted by atomic mass is 9.75. The molecule has 5 nitrogen and oxygen atoms in total. The Balaban J connectivity index is 1.73. The molecule has 0 spiro atoms. The topological polar surface area (TPSA) is 66.9 Å². The molecule has 2 aromatic carbocycles. The quantitative estimate of drug-likeness (QED) is 0.551. The maximum absolute atomic E-state index is 13.0. The molecule has 1 aromatic heterocycles. The molecule has 0 aliphatic heterocycles. The second-order valence-corrected chi connectivity index (χ2v) is 8.82. The standard InChI is InChI=1S/C25H28N4O/c1-5-17-8-12-19(13-9-17)27-24-28-20-14-25(3,4)15-21(30)22(20)23(29-24)26-18-10-6-16(2)7-11-18/h6-13H,5,14-15H2,1-4H3,(H2,26,27,28,29). The normalized spacial score (nSPS) is 14.9. The number of rotatable bonds is 5. The van der Waals surface area contributed by atoms with E-state index >= 15 is 0 Å². The molecule has 30 heavy (non-hydrogen) atoms. The average Bonchev–Trinajstić information content (AvgIpc) is 2.69. The summed E-state index contributed by atoms with van der Waals surface area (Å²) in [5.74, 6) is 1.16. The summed E-state index contributed by atoms with van der Waals surface area (Å²) in [6, 6.07) is 16.3. The van der Waals surface area contributed by atoms with Crippen LogP contribution in [0.15, 0.2) is 48.5 Å². The van der Waals surface area contributed by atoms with Gasteiger partial charge in [-0.2, -0.15) is 4.98 Å². The molecule has 0 saturated heterocycles. The zero-order chi connectivity index (χ0) is 21.3. The number of carbonyl (C=O) groups is 1. The fourth-order valence-electron chi connectivity index (χ4n) is 3.84. The van der Waals surface area contributed by atoms with Crippen LogP contribution in [0.4, 0.5) is 23.1 Å². The lowest BCUT2D eigenvalue weighted by Crippen LogP contribution is -2.29. The SMILES string of the molecule is CCc1ccc(Nc2nc3c(c(Nc4ccc(C)cc4)n2)C(=O)CC(C)(C)C3)cc1. The van der Waals surface area contributed by atoms with E-state index in [-0.39, 0.29) is 11.2 Å². The van der Waals surface area contributed by atoms with Gasteiger partial charge in [0.05, 0.1) is 11.3 Å². The number of nitrogens with one attached hydrogen (secondary N) is 2. The highest BCUT2D eigenvalue weighted by atomic mass is 16.1. The van der Waals surface area contributed by atoms with Crippen molar-refractivity contribution in [2.75, 3.05) is 10.6 Å². The van der Waals surface area contributed by atoms with E-state index in [1.54, 1.807) is 0 Å². The minimum absolute atomic E-state index is 0.0923. The van der Waals surface area contributed by atoms with E-state index in [9.17, 15) is 4.79 Å². The Kier molecular flexibility index (Phi) is 5.29. The summed E-state index contributed by atoms with van der Waals surface area (Å²) in [6.45, 7) is 8.41. The number of aryl methyl sites for hydroxylation is 2. The van der Waals surface area contributed by atoms with E-state index in [4.69, 9.17) is 4.98 Å². The summed E-state index contributed by atoms with van der Waals surface area (Å²) in [4.78, 5) is 22.4. The third kappa shape index (κ3) is 4.35. The Bertz CT molecular complexity index is 1070. The second kappa shape index (κ2) is 7.90. The molecular formula is C25H28N4O. The molecule has 5 heteroatoms. The molecule has 0 amide bonds. The van der Waals surface area contributed by atoms with Gasteiger partial charge in [0.1, 0.15) is 5.82 Å². The van der Waals surface area contributed by atoms with Crippen molar-refractivity contribution in [3.63, 3.8) is 0 Å². The Morgan fingerprint density at radius 3 is 2.20 bits per heavy atom. The molecule has 154 valence electrons. The van der Waals surface area contributed by atoms with Gasteiger partial charge in [0.2, 0.25) is 5.95 Å². The number of anilines is 4. The lowest BCUT2D eigenvalue weighted by Gasteiger charge is -2.30. The highest BCUT2D eigenvalue weighted by Crippen LogP contribution is 2.37. The summed E-state index contributed by atoms with van der Waals surface area (Å²) < 4.78 is 0. The van der Waals surface area contributed by atoms with E-state index in [1.165, 1.54) is 11.1 Å². The van der Waals surface area contributed by atoms with Crippen molar-refractivity contribution in [1.29, 1.82) is 0 Å². The first-order valence-electron chi connectivity index (χ1n) is 10.5. The molecule has 0 saturated carbocycles. The smallest absolute Gasteiger partial charge is 0.229 e. The van der Waals surface area contributed by atoms with Gasteiger partial charge in [-0.25, -0.2) is 4.98 Å². The minimum atomic E-state index is -0.111. The number of nitrogens with zero attached hydrogens (tertiary/aromatic N) is 2. The molecule has 0 bridgehead atoms. The van der Waals surface area contributed by atoms with Gasteiger partial charge in [-0.1, -0.05) is 50.6 Å². The van der Waals surface area contributed by atoms with Crippen molar-refractivity contribution in [2.45, 2.75) is 47.0 Å². The van der Waals surface area contributed by atoms with Crippen LogP contribution < -0.4 is 10.6 Å². The second-order valence-electron chi connectivity index (χ2n) is 8.82. The van der Waals surface area contributed by atoms with Crippen molar-refractivity contribution in [2.24, 2.45) is 5.41 Å². The molecule has 1 aliphatic rings. The lowest BCUT2D eigenvalue weighted by molar-refractivity contribution is 0.0911. The van der Waals surface area contributed by atoms with Crippen LogP contribution in [0.2, 0.25) is 0 Å². The summed E-state index contributed by atoms with van der Waals surface area (Å²) in [5.41, 5.74) is 5.59. The predicted molar refractivity (Wildman–Crippen MR) is 122 cm³/mol. The van der Waals surface area contributed by atoms with E-state index in [2.05, 4.69) is 48.5 Å². The third-order valence-corrected chi connectivity index (χ3v) is 5.48. The monoisotopic (exact) mass is 400 g/mol. The molecule has 0 unspecified atom stereocenters. The number of hydrogen-bond acceptors (Lipinski definition) is 5. The largest absolute Gasteiger partial charge is 0.339 e. The van der Waals surface area contributed by atoms with Gasteiger partial charge < -0.3 is 10.6 Å². The number of ketones is 1. The fraction of sp³-hybridized carbons (Fsp3) is 0.320. The Morgan fingerprint density at radius 2 is 1.53 bits per heavy atom. The number of aromatic nitrogens is 2. The summed E-state index contributed by atoms with van der Waals surface area (Å²) in [5, 5.41) is 6.66. The third-order valence-electron chi connectivity index (χ3n) is 5.48. The highest BCUT2D eigenvalue weighted by molar-refractivity contribution is 6.03. The van der Waals surface area contributed by atoms with Gasteiger partial charge in [0.25, 0.3) is 0 Å². The average molecular weight is 401 g/mol. The Morgan fingerprint density at radius 1 is 0.900 bits per heavy atom. The predicted octanol–water partition coefficient (Wildman–Crippen LogP) is 5.99. The molecule has 2 N–H and O–H groups in total. The van der Waals surface area contributed by atoms with Gasteiger partial charge in [0.15, 0.2) is 5.78 Å². The zero-order valence-corrected chi connectivity index (χ0v) is 18.0. The fourth-order valence-corrected chi connectivity index (χ4v) is 3.84. The van der Waals surface area contributed by atoms with Crippen LogP contribution >= 0.6 is 0 Å². The van der Waals surface area contributed by atoms with Crippen molar-refractivity contribution < 1.29 is 4.79 Å². The van der Waals surface area contributed by atoms with Crippen LogP contribution in [-0.2, 0) is 12.8 Å². The number of benzene rings is 2. The summed E-state index contributed by atoms with van der Waals surface area (Å²) >= 11 is 0. The minimum Gasteiger partial charge on any atom is -0.339 e. The molecule has 1 aliphatic carbocycles. The number of fused-ring (bicyclic) bond motifs is 1. The zero-order valence-electron chi connectivity index (χ0n) is 18.0. The van der Waals surface area contributed by atoms with Gasteiger partial charge in [-0.3, -0.25) is 4.79 Å². The Hall–Kier alpha value is -3.21.